The fraction of sp³-hybridized carbons (Fsp3) is 0.625. The highest BCUT2D eigenvalue weighted by atomic mass is 16.3. The zero-order chi connectivity index (χ0) is 12.8. The summed E-state index contributed by atoms with van der Waals surface area (Å²) in [5.74, 6) is 0.739. The van der Waals surface area contributed by atoms with Crippen molar-refractivity contribution in [2.45, 2.75) is 50.5 Å². The lowest BCUT2D eigenvalue weighted by Crippen LogP contribution is -2.16. The number of likely N-dealkylation sites (N-methyl/N-ethyl adjacent to an activating group) is 1. The van der Waals surface area contributed by atoms with Gasteiger partial charge in [-0.3, -0.25) is 0 Å². The molecule has 1 aliphatic rings. The summed E-state index contributed by atoms with van der Waals surface area (Å²) in [5.41, 5.74) is 2.47. The second-order valence-corrected chi connectivity index (χ2v) is 5.43. The highest BCUT2D eigenvalue weighted by Crippen LogP contribution is 2.31. The van der Waals surface area contributed by atoms with Crippen molar-refractivity contribution in [3.63, 3.8) is 0 Å². The minimum Gasteiger partial charge on any atom is -0.387 e. The Labute approximate surface area is 110 Å². The third-order valence-electron chi connectivity index (χ3n) is 4.05. The van der Waals surface area contributed by atoms with Gasteiger partial charge < -0.3 is 10.4 Å². The molecule has 0 spiro atoms. The van der Waals surface area contributed by atoms with Crippen molar-refractivity contribution in [3.8, 4) is 0 Å². The van der Waals surface area contributed by atoms with Crippen molar-refractivity contribution in [1.29, 1.82) is 0 Å². The van der Waals surface area contributed by atoms with Crippen LogP contribution in [-0.4, -0.2) is 18.7 Å². The lowest BCUT2D eigenvalue weighted by Gasteiger charge is -2.16. The van der Waals surface area contributed by atoms with Crippen LogP contribution in [0, 0.1) is 0 Å². The summed E-state index contributed by atoms with van der Waals surface area (Å²) in [4.78, 5) is 0. The zero-order valence-electron chi connectivity index (χ0n) is 11.4. The van der Waals surface area contributed by atoms with E-state index in [0.717, 1.165) is 11.5 Å². The second-order valence-electron chi connectivity index (χ2n) is 5.43. The maximum Gasteiger partial charge on any atom is 0.0914 e. The third kappa shape index (κ3) is 3.56. The van der Waals surface area contributed by atoms with Gasteiger partial charge in [-0.15, -0.1) is 0 Å². The monoisotopic (exact) mass is 247 g/mol. The Kier molecular flexibility index (Phi) is 5.21. The van der Waals surface area contributed by atoms with Gasteiger partial charge in [-0.25, -0.2) is 0 Å². The number of rotatable bonds is 4. The van der Waals surface area contributed by atoms with Crippen molar-refractivity contribution in [2.24, 2.45) is 0 Å². The standard InChI is InChI=1S/C16H25NO/c1-17-12-16(18)15-10-8-14(9-11-15)13-6-4-2-3-5-7-13/h8-11,13,16-18H,2-7,12H2,1H3. The van der Waals surface area contributed by atoms with Gasteiger partial charge in [0.05, 0.1) is 6.10 Å². The Hall–Kier alpha value is -0.860. The average Bonchev–Trinajstić information content (AvgIpc) is 2.68. The van der Waals surface area contributed by atoms with Gasteiger partial charge in [0.1, 0.15) is 0 Å². The van der Waals surface area contributed by atoms with Crippen LogP contribution in [0.25, 0.3) is 0 Å². The number of hydrogen-bond acceptors (Lipinski definition) is 2. The Morgan fingerprint density at radius 2 is 1.72 bits per heavy atom. The number of nitrogens with one attached hydrogen (secondary N) is 1. The van der Waals surface area contributed by atoms with Crippen LogP contribution in [0.15, 0.2) is 24.3 Å². The largest absolute Gasteiger partial charge is 0.387 e. The van der Waals surface area contributed by atoms with Crippen molar-refractivity contribution in [3.05, 3.63) is 35.4 Å². The molecule has 2 rings (SSSR count). The fourth-order valence-electron chi connectivity index (χ4n) is 2.91. The first-order valence-corrected chi connectivity index (χ1v) is 7.24. The van der Waals surface area contributed by atoms with Crippen LogP contribution in [0.5, 0.6) is 0 Å². The molecule has 2 nitrogen and oxygen atoms in total. The minimum absolute atomic E-state index is 0.391. The van der Waals surface area contributed by atoms with Gasteiger partial charge in [0, 0.05) is 6.54 Å². The number of hydrogen-bond donors (Lipinski definition) is 2. The van der Waals surface area contributed by atoms with E-state index in [-0.39, 0.29) is 0 Å². The number of aliphatic hydroxyl groups excluding tert-OH is 1. The molecule has 0 radical (unpaired) electrons. The maximum atomic E-state index is 9.90. The van der Waals surface area contributed by atoms with Crippen molar-refractivity contribution >= 4 is 0 Å². The number of aliphatic hydroxyl groups is 1. The van der Waals surface area contributed by atoms with E-state index in [2.05, 4.69) is 29.6 Å². The molecule has 0 aromatic heterocycles. The van der Waals surface area contributed by atoms with E-state index in [0.29, 0.717) is 6.54 Å². The van der Waals surface area contributed by atoms with Crippen LogP contribution in [0.3, 0.4) is 0 Å². The summed E-state index contributed by atoms with van der Waals surface area (Å²) >= 11 is 0. The molecule has 100 valence electrons. The predicted molar refractivity (Wildman–Crippen MR) is 75.8 cm³/mol. The van der Waals surface area contributed by atoms with E-state index < -0.39 is 6.10 Å². The van der Waals surface area contributed by atoms with Gasteiger partial charge >= 0.3 is 0 Å². The summed E-state index contributed by atoms with van der Waals surface area (Å²) in [6.45, 7) is 0.614. The van der Waals surface area contributed by atoms with Gasteiger partial charge in [-0.2, -0.15) is 0 Å². The van der Waals surface area contributed by atoms with E-state index in [4.69, 9.17) is 0 Å². The summed E-state index contributed by atoms with van der Waals surface area (Å²) in [6, 6.07) is 8.60. The zero-order valence-corrected chi connectivity index (χ0v) is 11.4. The van der Waals surface area contributed by atoms with Gasteiger partial charge in [0.2, 0.25) is 0 Å². The molecular formula is C16H25NO. The van der Waals surface area contributed by atoms with Crippen molar-refractivity contribution in [1.82, 2.24) is 5.32 Å². The molecule has 2 N–H and O–H groups in total. The topological polar surface area (TPSA) is 32.3 Å². The molecule has 0 saturated heterocycles. The Morgan fingerprint density at radius 1 is 1.11 bits per heavy atom. The molecular weight excluding hydrogens is 222 g/mol. The summed E-state index contributed by atoms with van der Waals surface area (Å²) in [6.07, 6.45) is 7.81. The van der Waals surface area contributed by atoms with E-state index in [1.807, 2.05) is 7.05 Å². The molecule has 1 aromatic carbocycles. The van der Waals surface area contributed by atoms with Gasteiger partial charge in [-0.05, 0) is 36.9 Å². The molecule has 1 atom stereocenters. The summed E-state index contributed by atoms with van der Waals surface area (Å²) < 4.78 is 0. The first-order chi connectivity index (χ1) is 8.81. The SMILES string of the molecule is CNCC(O)c1ccc(C2CCCCCC2)cc1. The smallest absolute Gasteiger partial charge is 0.0914 e. The predicted octanol–water partition coefficient (Wildman–Crippen LogP) is 3.38. The highest BCUT2D eigenvalue weighted by molar-refractivity contribution is 5.27. The minimum atomic E-state index is -0.391. The van der Waals surface area contributed by atoms with E-state index >= 15 is 0 Å². The maximum absolute atomic E-state index is 9.90. The Morgan fingerprint density at radius 3 is 2.28 bits per heavy atom. The molecule has 1 aliphatic carbocycles. The highest BCUT2D eigenvalue weighted by Gasteiger charge is 2.14. The first kappa shape index (κ1) is 13.6. The quantitative estimate of drug-likeness (QED) is 0.799. The van der Waals surface area contributed by atoms with Crippen LogP contribution in [-0.2, 0) is 0 Å². The molecule has 18 heavy (non-hydrogen) atoms. The summed E-state index contributed by atoms with van der Waals surface area (Å²) in [5, 5.41) is 12.9. The number of benzene rings is 1. The Balaban J connectivity index is 2.01. The fourth-order valence-corrected chi connectivity index (χ4v) is 2.91. The third-order valence-corrected chi connectivity index (χ3v) is 4.05. The molecule has 0 heterocycles. The van der Waals surface area contributed by atoms with E-state index in [1.54, 1.807) is 0 Å². The lowest BCUT2D eigenvalue weighted by molar-refractivity contribution is 0.178. The molecule has 0 aliphatic heterocycles. The van der Waals surface area contributed by atoms with Gasteiger partial charge in [-0.1, -0.05) is 49.9 Å². The van der Waals surface area contributed by atoms with Crippen LogP contribution < -0.4 is 5.32 Å². The van der Waals surface area contributed by atoms with Gasteiger partial charge in [0.25, 0.3) is 0 Å². The molecule has 0 amide bonds. The average molecular weight is 247 g/mol. The van der Waals surface area contributed by atoms with Gasteiger partial charge in [0.15, 0.2) is 0 Å². The van der Waals surface area contributed by atoms with E-state index in [1.165, 1.54) is 44.1 Å². The molecule has 1 unspecified atom stereocenters. The summed E-state index contributed by atoms with van der Waals surface area (Å²) in [7, 11) is 1.86. The Bertz CT molecular complexity index is 339. The molecule has 1 aromatic rings. The van der Waals surface area contributed by atoms with E-state index in [9.17, 15) is 5.11 Å². The van der Waals surface area contributed by atoms with Crippen molar-refractivity contribution < 1.29 is 5.11 Å². The van der Waals surface area contributed by atoms with Crippen LogP contribution in [0.4, 0.5) is 0 Å². The normalized spacial score (nSPS) is 19.4. The molecule has 1 saturated carbocycles. The van der Waals surface area contributed by atoms with Crippen LogP contribution >= 0.6 is 0 Å². The molecule has 0 bridgehead atoms. The lowest BCUT2D eigenvalue weighted by atomic mass is 9.91. The molecule has 1 fully saturated rings. The first-order valence-electron chi connectivity index (χ1n) is 7.24. The second kappa shape index (κ2) is 6.91. The van der Waals surface area contributed by atoms with Crippen LogP contribution in [0.2, 0.25) is 0 Å². The molecule has 2 heteroatoms. The van der Waals surface area contributed by atoms with Crippen LogP contribution in [0.1, 0.15) is 61.7 Å². The van der Waals surface area contributed by atoms with Crippen molar-refractivity contribution in [2.75, 3.05) is 13.6 Å².